The van der Waals surface area contributed by atoms with Crippen molar-refractivity contribution in [2.45, 2.75) is 6.92 Å². The topological polar surface area (TPSA) is 28.9 Å². The Labute approximate surface area is 64.9 Å². The van der Waals surface area contributed by atoms with Crippen molar-refractivity contribution in [3.05, 3.63) is 36.4 Å². The second kappa shape index (κ2) is 2.31. The SMILES string of the molecule is Cc1cc(-c2ccco2)c[nH]1. The van der Waals surface area contributed by atoms with Crippen LogP contribution in [0.15, 0.2) is 35.1 Å². The van der Waals surface area contributed by atoms with Crippen LogP contribution in [-0.2, 0) is 0 Å². The molecule has 0 aromatic carbocycles. The first kappa shape index (κ1) is 6.28. The highest BCUT2D eigenvalue weighted by Crippen LogP contribution is 2.19. The third-order valence-electron chi connectivity index (χ3n) is 1.63. The van der Waals surface area contributed by atoms with Crippen LogP contribution < -0.4 is 0 Å². The average molecular weight is 147 g/mol. The molecular weight excluding hydrogens is 138 g/mol. The van der Waals surface area contributed by atoms with Gasteiger partial charge in [0, 0.05) is 17.5 Å². The number of H-pyrrole nitrogens is 1. The van der Waals surface area contributed by atoms with Gasteiger partial charge in [0.1, 0.15) is 5.76 Å². The van der Waals surface area contributed by atoms with E-state index < -0.39 is 0 Å². The molecular formula is C9H9NO. The quantitative estimate of drug-likeness (QED) is 0.659. The Bertz CT molecular complexity index is 332. The van der Waals surface area contributed by atoms with Gasteiger partial charge < -0.3 is 9.40 Å². The molecule has 56 valence electrons. The maximum atomic E-state index is 5.21. The highest BCUT2D eigenvalue weighted by atomic mass is 16.3. The lowest BCUT2D eigenvalue weighted by Gasteiger charge is -1.85. The van der Waals surface area contributed by atoms with Crippen LogP contribution in [0.2, 0.25) is 0 Å². The molecule has 2 heteroatoms. The number of aromatic amines is 1. The Morgan fingerprint density at radius 2 is 2.36 bits per heavy atom. The summed E-state index contributed by atoms with van der Waals surface area (Å²) in [5.41, 5.74) is 2.25. The molecule has 0 saturated heterocycles. The molecule has 0 unspecified atom stereocenters. The third-order valence-corrected chi connectivity index (χ3v) is 1.63. The molecule has 2 rings (SSSR count). The van der Waals surface area contributed by atoms with E-state index in [0.717, 1.165) is 17.0 Å². The van der Waals surface area contributed by atoms with E-state index in [2.05, 4.69) is 11.1 Å². The Kier molecular flexibility index (Phi) is 1.32. The lowest BCUT2D eigenvalue weighted by atomic mass is 10.2. The maximum Gasteiger partial charge on any atom is 0.135 e. The van der Waals surface area contributed by atoms with Gasteiger partial charge in [-0.15, -0.1) is 0 Å². The van der Waals surface area contributed by atoms with Gasteiger partial charge in [0.2, 0.25) is 0 Å². The van der Waals surface area contributed by atoms with Crippen molar-refractivity contribution in [2.24, 2.45) is 0 Å². The van der Waals surface area contributed by atoms with Crippen LogP contribution in [-0.4, -0.2) is 4.98 Å². The highest BCUT2D eigenvalue weighted by Gasteiger charge is 2.00. The summed E-state index contributed by atoms with van der Waals surface area (Å²) in [5.74, 6) is 0.911. The standard InChI is InChI=1S/C9H9NO/c1-7-5-8(6-10-7)9-3-2-4-11-9/h2-6,10H,1H3. The van der Waals surface area contributed by atoms with Crippen molar-refractivity contribution in [3.63, 3.8) is 0 Å². The van der Waals surface area contributed by atoms with Crippen LogP contribution in [0.25, 0.3) is 11.3 Å². The number of aryl methyl sites for hydroxylation is 1. The molecule has 0 aliphatic heterocycles. The van der Waals surface area contributed by atoms with Crippen LogP contribution in [0.1, 0.15) is 5.69 Å². The predicted octanol–water partition coefficient (Wildman–Crippen LogP) is 2.58. The Hall–Kier alpha value is -1.44. The molecule has 0 atom stereocenters. The Morgan fingerprint density at radius 1 is 1.45 bits per heavy atom. The van der Waals surface area contributed by atoms with Crippen molar-refractivity contribution >= 4 is 0 Å². The summed E-state index contributed by atoms with van der Waals surface area (Å²) >= 11 is 0. The summed E-state index contributed by atoms with van der Waals surface area (Å²) in [7, 11) is 0. The second-order valence-electron chi connectivity index (χ2n) is 2.55. The molecule has 0 aliphatic rings. The van der Waals surface area contributed by atoms with Crippen LogP contribution in [0, 0.1) is 6.92 Å². The molecule has 0 bridgehead atoms. The molecule has 1 N–H and O–H groups in total. The number of nitrogens with one attached hydrogen (secondary N) is 1. The van der Waals surface area contributed by atoms with Crippen LogP contribution >= 0.6 is 0 Å². The van der Waals surface area contributed by atoms with Gasteiger partial charge in [-0.05, 0) is 25.1 Å². The number of hydrogen-bond acceptors (Lipinski definition) is 1. The summed E-state index contributed by atoms with van der Waals surface area (Å²) in [6.45, 7) is 2.02. The largest absolute Gasteiger partial charge is 0.464 e. The normalized spacial score (nSPS) is 10.3. The van der Waals surface area contributed by atoms with Gasteiger partial charge >= 0.3 is 0 Å². The molecule has 11 heavy (non-hydrogen) atoms. The first-order valence-electron chi connectivity index (χ1n) is 3.55. The van der Waals surface area contributed by atoms with Gasteiger partial charge in [-0.1, -0.05) is 0 Å². The third kappa shape index (κ3) is 1.07. The lowest BCUT2D eigenvalue weighted by Crippen LogP contribution is -1.63. The summed E-state index contributed by atoms with van der Waals surface area (Å²) < 4.78 is 5.21. The number of aromatic nitrogens is 1. The Balaban J connectivity index is 2.45. The number of hydrogen-bond donors (Lipinski definition) is 1. The van der Waals surface area contributed by atoms with Crippen molar-refractivity contribution < 1.29 is 4.42 Å². The van der Waals surface area contributed by atoms with E-state index in [9.17, 15) is 0 Å². The molecule has 2 heterocycles. The van der Waals surface area contributed by atoms with Crippen molar-refractivity contribution in [2.75, 3.05) is 0 Å². The predicted molar refractivity (Wildman–Crippen MR) is 43.2 cm³/mol. The zero-order chi connectivity index (χ0) is 7.68. The minimum Gasteiger partial charge on any atom is -0.464 e. The fourth-order valence-electron chi connectivity index (χ4n) is 1.09. The van der Waals surface area contributed by atoms with Crippen molar-refractivity contribution in [1.29, 1.82) is 0 Å². The van der Waals surface area contributed by atoms with Crippen LogP contribution in [0.3, 0.4) is 0 Å². The zero-order valence-corrected chi connectivity index (χ0v) is 6.29. The van der Waals surface area contributed by atoms with E-state index in [-0.39, 0.29) is 0 Å². The Morgan fingerprint density at radius 3 is 2.91 bits per heavy atom. The molecule has 0 saturated carbocycles. The molecule has 0 spiro atoms. The van der Waals surface area contributed by atoms with Gasteiger partial charge in [-0.2, -0.15) is 0 Å². The second-order valence-corrected chi connectivity index (χ2v) is 2.55. The number of furan rings is 1. The smallest absolute Gasteiger partial charge is 0.135 e. The fraction of sp³-hybridized carbons (Fsp3) is 0.111. The van der Waals surface area contributed by atoms with E-state index in [0.29, 0.717) is 0 Å². The summed E-state index contributed by atoms with van der Waals surface area (Å²) in [5, 5.41) is 0. The van der Waals surface area contributed by atoms with E-state index >= 15 is 0 Å². The number of rotatable bonds is 1. The van der Waals surface area contributed by atoms with Gasteiger partial charge in [0.25, 0.3) is 0 Å². The van der Waals surface area contributed by atoms with E-state index in [1.165, 1.54) is 0 Å². The average Bonchev–Trinajstić information content (AvgIpc) is 2.55. The molecule has 0 amide bonds. The van der Waals surface area contributed by atoms with E-state index in [4.69, 9.17) is 4.42 Å². The summed E-state index contributed by atoms with van der Waals surface area (Å²) in [6, 6.07) is 5.89. The first-order valence-corrected chi connectivity index (χ1v) is 3.55. The first-order chi connectivity index (χ1) is 5.36. The maximum absolute atomic E-state index is 5.21. The summed E-state index contributed by atoms with van der Waals surface area (Å²) in [4.78, 5) is 3.10. The molecule has 2 aromatic rings. The van der Waals surface area contributed by atoms with Crippen molar-refractivity contribution in [1.82, 2.24) is 4.98 Å². The minimum absolute atomic E-state index is 0.911. The van der Waals surface area contributed by atoms with Crippen LogP contribution in [0.5, 0.6) is 0 Å². The minimum atomic E-state index is 0.911. The molecule has 2 nitrogen and oxygen atoms in total. The van der Waals surface area contributed by atoms with E-state index in [1.807, 2.05) is 25.3 Å². The van der Waals surface area contributed by atoms with Gasteiger partial charge in [0.05, 0.1) is 6.26 Å². The molecule has 0 aliphatic carbocycles. The molecule has 0 radical (unpaired) electrons. The van der Waals surface area contributed by atoms with Gasteiger partial charge in [-0.3, -0.25) is 0 Å². The van der Waals surface area contributed by atoms with Gasteiger partial charge in [-0.25, -0.2) is 0 Å². The fourth-order valence-corrected chi connectivity index (χ4v) is 1.09. The van der Waals surface area contributed by atoms with Gasteiger partial charge in [0.15, 0.2) is 0 Å². The summed E-state index contributed by atoms with van der Waals surface area (Å²) in [6.07, 6.45) is 3.62. The molecule has 2 aromatic heterocycles. The van der Waals surface area contributed by atoms with E-state index in [1.54, 1.807) is 6.26 Å². The highest BCUT2D eigenvalue weighted by molar-refractivity contribution is 5.56. The van der Waals surface area contributed by atoms with Crippen molar-refractivity contribution in [3.8, 4) is 11.3 Å². The molecule has 0 fully saturated rings. The monoisotopic (exact) mass is 147 g/mol. The lowest BCUT2D eigenvalue weighted by molar-refractivity contribution is 0.582. The zero-order valence-electron chi connectivity index (χ0n) is 6.29. The van der Waals surface area contributed by atoms with Crippen LogP contribution in [0.4, 0.5) is 0 Å².